The van der Waals surface area contributed by atoms with Crippen molar-refractivity contribution in [2.75, 3.05) is 29.6 Å². The summed E-state index contributed by atoms with van der Waals surface area (Å²) >= 11 is 11.5. The maximum atomic E-state index is 6.05. The van der Waals surface area contributed by atoms with E-state index in [2.05, 4.69) is 34.9 Å². The molecule has 1 saturated carbocycles. The highest BCUT2D eigenvalue weighted by molar-refractivity contribution is 7.80. The van der Waals surface area contributed by atoms with E-state index in [1.54, 1.807) is 0 Å². The van der Waals surface area contributed by atoms with E-state index < -0.39 is 0 Å². The lowest BCUT2D eigenvalue weighted by Gasteiger charge is -2.31. The Morgan fingerprint density at radius 2 is 1.81 bits per heavy atom. The first-order valence-corrected chi connectivity index (χ1v) is 11.9. The summed E-state index contributed by atoms with van der Waals surface area (Å²) in [5.41, 5.74) is 3.46. The number of benzene rings is 1. The predicted molar refractivity (Wildman–Crippen MR) is 133 cm³/mol. The Morgan fingerprint density at radius 3 is 2.55 bits per heavy atom. The van der Waals surface area contributed by atoms with Crippen LogP contribution in [0.3, 0.4) is 0 Å². The van der Waals surface area contributed by atoms with Crippen molar-refractivity contribution in [1.29, 1.82) is 0 Å². The van der Waals surface area contributed by atoms with E-state index >= 15 is 0 Å². The number of rotatable bonds is 5. The van der Waals surface area contributed by atoms with Crippen molar-refractivity contribution in [3.63, 3.8) is 0 Å². The molecule has 4 rings (SSSR count). The van der Waals surface area contributed by atoms with Gasteiger partial charge in [-0.2, -0.15) is 4.98 Å². The van der Waals surface area contributed by atoms with Gasteiger partial charge in [-0.3, -0.25) is 0 Å². The molecule has 0 aliphatic heterocycles. The van der Waals surface area contributed by atoms with Gasteiger partial charge in [0.2, 0.25) is 5.95 Å². The molecule has 8 heteroatoms. The van der Waals surface area contributed by atoms with Gasteiger partial charge in [0.25, 0.3) is 0 Å². The summed E-state index contributed by atoms with van der Waals surface area (Å²) in [4.78, 5) is 11.8. The van der Waals surface area contributed by atoms with Gasteiger partial charge in [0.05, 0.1) is 5.69 Å². The molecule has 31 heavy (non-hydrogen) atoms. The zero-order valence-electron chi connectivity index (χ0n) is 18.2. The Bertz CT molecular complexity index is 926. The normalized spacial score (nSPS) is 20.5. The summed E-state index contributed by atoms with van der Waals surface area (Å²) in [6, 6.07) is 8.36. The van der Waals surface area contributed by atoms with Gasteiger partial charge in [-0.1, -0.05) is 17.7 Å². The quantitative estimate of drug-likeness (QED) is 0.557. The maximum absolute atomic E-state index is 6.05. The molecule has 2 aliphatic rings. The number of fused-ring (bicyclic) bond motifs is 1. The summed E-state index contributed by atoms with van der Waals surface area (Å²) in [5.74, 6) is 1.85. The number of hydrogen-bond acceptors (Lipinski definition) is 5. The number of aryl methyl sites for hydroxylation is 1. The average Bonchev–Trinajstić information content (AvgIpc) is 2.74. The van der Waals surface area contributed by atoms with Crippen LogP contribution in [-0.4, -0.2) is 41.3 Å². The summed E-state index contributed by atoms with van der Waals surface area (Å²) in [6.45, 7) is 0. The Balaban J connectivity index is 1.30. The van der Waals surface area contributed by atoms with E-state index in [0.29, 0.717) is 22.2 Å². The largest absolute Gasteiger partial charge is 0.362 e. The third-order valence-corrected chi connectivity index (χ3v) is 6.52. The third-order valence-electron chi connectivity index (χ3n) is 6.06. The van der Waals surface area contributed by atoms with Gasteiger partial charge >= 0.3 is 0 Å². The second-order valence-electron chi connectivity index (χ2n) is 8.70. The monoisotopic (exact) mass is 458 g/mol. The molecule has 166 valence electrons. The van der Waals surface area contributed by atoms with E-state index in [-0.39, 0.29) is 0 Å². The molecule has 0 saturated heterocycles. The summed E-state index contributed by atoms with van der Waals surface area (Å²) < 4.78 is 0. The standard InChI is InChI=1S/C23H31ClN6S/c1-30(2)21-19-8-3-4-9-20(19)28-22(29-21)25-16-10-12-17(13-11-16)26-23(31)27-18-7-5-6-15(24)14-18/h5-7,14,16-17H,3-4,8-13H2,1-2H3,(H,25,28,29)(H2,26,27,31). The topological polar surface area (TPSA) is 65.1 Å². The van der Waals surface area contributed by atoms with Crippen molar-refractivity contribution in [3.8, 4) is 0 Å². The first kappa shape index (κ1) is 22.1. The van der Waals surface area contributed by atoms with E-state index in [9.17, 15) is 0 Å². The van der Waals surface area contributed by atoms with E-state index in [0.717, 1.165) is 56.0 Å². The molecule has 1 heterocycles. The van der Waals surface area contributed by atoms with E-state index in [4.69, 9.17) is 33.8 Å². The Morgan fingerprint density at radius 1 is 1.06 bits per heavy atom. The first-order valence-electron chi connectivity index (χ1n) is 11.1. The molecule has 1 aromatic heterocycles. The minimum Gasteiger partial charge on any atom is -0.362 e. The van der Waals surface area contributed by atoms with Crippen LogP contribution in [0.4, 0.5) is 17.5 Å². The minimum absolute atomic E-state index is 0.374. The third kappa shape index (κ3) is 5.77. The number of nitrogens with one attached hydrogen (secondary N) is 3. The molecular weight excluding hydrogens is 428 g/mol. The van der Waals surface area contributed by atoms with Gasteiger partial charge in [0.15, 0.2) is 5.11 Å². The molecule has 0 atom stereocenters. The molecule has 0 bridgehead atoms. The lowest BCUT2D eigenvalue weighted by Crippen LogP contribution is -2.42. The van der Waals surface area contributed by atoms with Crippen LogP contribution in [0.2, 0.25) is 5.02 Å². The molecule has 3 N–H and O–H groups in total. The Hall–Kier alpha value is -2.12. The van der Waals surface area contributed by atoms with Crippen LogP contribution in [0, 0.1) is 0 Å². The molecule has 0 amide bonds. The first-order chi connectivity index (χ1) is 15.0. The molecule has 0 spiro atoms. The zero-order chi connectivity index (χ0) is 21.8. The number of hydrogen-bond donors (Lipinski definition) is 3. The number of aromatic nitrogens is 2. The lowest BCUT2D eigenvalue weighted by molar-refractivity contribution is 0.387. The molecule has 0 radical (unpaired) electrons. The van der Waals surface area contributed by atoms with Crippen molar-refractivity contribution in [1.82, 2.24) is 15.3 Å². The molecule has 2 aromatic rings. The van der Waals surface area contributed by atoms with Crippen LogP contribution in [0.25, 0.3) is 0 Å². The van der Waals surface area contributed by atoms with Crippen molar-refractivity contribution >= 4 is 46.4 Å². The van der Waals surface area contributed by atoms with Gasteiger partial charge in [-0.05, 0) is 81.8 Å². The van der Waals surface area contributed by atoms with Gasteiger partial charge in [0.1, 0.15) is 5.82 Å². The Kier molecular flexibility index (Phi) is 7.13. The SMILES string of the molecule is CN(C)c1nc(NC2CCC(NC(=S)Nc3cccc(Cl)c3)CC2)nc2c1CCCC2. The molecule has 0 unspecified atom stereocenters. The van der Waals surface area contributed by atoms with Crippen LogP contribution >= 0.6 is 23.8 Å². The lowest BCUT2D eigenvalue weighted by atomic mass is 9.91. The second kappa shape index (κ2) is 10.0. The van der Waals surface area contributed by atoms with Crippen molar-refractivity contribution < 1.29 is 0 Å². The zero-order valence-corrected chi connectivity index (χ0v) is 19.8. The second-order valence-corrected chi connectivity index (χ2v) is 9.54. The summed E-state index contributed by atoms with van der Waals surface area (Å²) in [5, 5.41) is 11.6. The highest BCUT2D eigenvalue weighted by Crippen LogP contribution is 2.29. The fourth-order valence-electron chi connectivity index (χ4n) is 4.49. The van der Waals surface area contributed by atoms with Gasteiger partial charge in [-0.25, -0.2) is 4.98 Å². The predicted octanol–water partition coefficient (Wildman–Crippen LogP) is 4.78. The van der Waals surface area contributed by atoms with Crippen molar-refractivity contribution in [2.24, 2.45) is 0 Å². The minimum atomic E-state index is 0.374. The number of nitrogens with zero attached hydrogens (tertiary/aromatic N) is 3. The van der Waals surface area contributed by atoms with Crippen LogP contribution in [0.1, 0.15) is 49.8 Å². The number of halogens is 1. The molecule has 6 nitrogen and oxygen atoms in total. The molecular formula is C23H31ClN6S. The summed E-state index contributed by atoms with van der Waals surface area (Å²) in [7, 11) is 4.14. The highest BCUT2D eigenvalue weighted by Gasteiger charge is 2.24. The van der Waals surface area contributed by atoms with Gasteiger partial charge in [-0.15, -0.1) is 0 Å². The highest BCUT2D eigenvalue weighted by atomic mass is 35.5. The van der Waals surface area contributed by atoms with Crippen molar-refractivity contribution in [3.05, 3.63) is 40.5 Å². The molecule has 1 fully saturated rings. The fraction of sp³-hybridized carbons (Fsp3) is 0.522. The van der Waals surface area contributed by atoms with E-state index in [1.165, 1.54) is 24.1 Å². The number of thiocarbonyl (C=S) groups is 1. The molecule has 1 aromatic carbocycles. The van der Waals surface area contributed by atoms with Crippen molar-refractivity contribution in [2.45, 2.75) is 63.5 Å². The van der Waals surface area contributed by atoms with Crippen LogP contribution in [0.5, 0.6) is 0 Å². The van der Waals surface area contributed by atoms with Gasteiger partial charge < -0.3 is 20.9 Å². The number of anilines is 3. The van der Waals surface area contributed by atoms with E-state index in [1.807, 2.05) is 24.3 Å². The van der Waals surface area contributed by atoms with Crippen LogP contribution < -0.4 is 20.9 Å². The molecule has 2 aliphatic carbocycles. The van der Waals surface area contributed by atoms with Crippen LogP contribution in [-0.2, 0) is 12.8 Å². The smallest absolute Gasteiger partial charge is 0.225 e. The average molecular weight is 459 g/mol. The fourth-order valence-corrected chi connectivity index (χ4v) is 4.97. The Labute approximate surface area is 195 Å². The summed E-state index contributed by atoms with van der Waals surface area (Å²) in [6.07, 6.45) is 8.83. The maximum Gasteiger partial charge on any atom is 0.225 e. The van der Waals surface area contributed by atoms with Crippen LogP contribution in [0.15, 0.2) is 24.3 Å². The van der Waals surface area contributed by atoms with Gasteiger partial charge in [0, 0.05) is 42.5 Å².